The Kier molecular flexibility index (Phi) is 5.04. The molecule has 2 saturated heterocycles. The molecule has 142 valence electrons. The topological polar surface area (TPSA) is 38.8 Å². The standard InChI is InChI=1S/C21H21F2NO3/c22-18-11-17(12-19(23)13-18)20(25)16-3-1-15(2-4-16)14-24-7-5-21(6-8-24)26-9-10-27-21/h1-4,11-13H,5-10,14H2. The summed E-state index contributed by atoms with van der Waals surface area (Å²) in [5.74, 6) is -2.29. The van der Waals surface area contributed by atoms with E-state index >= 15 is 0 Å². The molecule has 0 amide bonds. The highest BCUT2D eigenvalue weighted by molar-refractivity contribution is 6.08. The van der Waals surface area contributed by atoms with E-state index in [1.54, 1.807) is 12.1 Å². The number of halogens is 2. The van der Waals surface area contributed by atoms with Gasteiger partial charge in [0, 0.05) is 49.7 Å². The summed E-state index contributed by atoms with van der Waals surface area (Å²) in [6, 6.07) is 10.0. The Morgan fingerprint density at radius 1 is 0.926 bits per heavy atom. The Hall–Kier alpha value is -2.15. The van der Waals surface area contributed by atoms with Gasteiger partial charge in [0.1, 0.15) is 11.6 Å². The maximum Gasteiger partial charge on any atom is 0.193 e. The van der Waals surface area contributed by atoms with Gasteiger partial charge in [-0.05, 0) is 17.7 Å². The van der Waals surface area contributed by atoms with Gasteiger partial charge in [-0.1, -0.05) is 24.3 Å². The van der Waals surface area contributed by atoms with Crippen LogP contribution in [0.3, 0.4) is 0 Å². The molecule has 0 radical (unpaired) electrons. The molecule has 0 aliphatic carbocycles. The van der Waals surface area contributed by atoms with Crippen LogP contribution >= 0.6 is 0 Å². The van der Waals surface area contributed by atoms with Crippen molar-refractivity contribution in [2.75, 3.05) is 26.3 Å². The van der Waals surface area contributed by atoms with Crippen LogP contribution in [0.25, 0.3) is 0 Å². The van der Waals surface area contributed by atoms with Crippen molar-refractivity contribution in [2.24, 2.45) is 0 Å². The van der Waals surface area contributed by atoms with Crippen molar-refractivity contribution >= 4 is 5.78 Å². The predicted octanol–water partition coefficient (Wildman–Crippen LogP) is 3.53. The molecule has 4 rings (SSSR count). The van der Waals surface area contributed by atoms with E-state index in [4.69, 9.17) is 9.47 Å². The van der Waals surface area contributed by atoms with Crippen LogP contribution in [0.1, 0.15) is 34.3 Å². The molecule has 2 fully saturated rings. The Labute approximate surface area is 156 Å². The van der Waals surface area contributed by atoms with Gasteiger partial charge in [-0.3, -0.25) is 9.69 Å². The van der Waals surface area contributed by atoms with E-state index in [1.165, 1.54) is 0 Å². The minimum atomic E-state index is -0.756. The number of ether oxygens (including phenoxy) is 2. The van der Waals surface area contributed by atoms with Crippen LogP contribution < -0.4 is 0 Å². The van der Waals surface area contributed by atoms with Crippen LogP contribution in [0, 0.1) is 11.6 Å². The van der Waals surface area contributed by atoms with Gasteiger partial charge in [-0.15, -0.1) is 0 Å². The van der Waals surface area contributed by atoms with E-state index in [9.17, 15) is 13.6 Å². The number of piperidine rings is 1. The molecular formula is C21H21F2NO3. The highest BCUT2D eigenvalue weighted by atomic mass is 19.1. The number of rotatable bonds is 4. The van der Waals surface area contributed by atoms with Crippen LogP contribution in [0.4, 0.5) is 8.78 Å². The number of hydrogen-bond acceptors (Lipinski definition) is 4. The van der Waals surface area contributed by atoms with Crippen molar-refractivity contribution in [3.63, 3.8) is 0 Å². The Bertz CT molecular complexity index is 802. The van der Waals surface area contributed by atoms with Crippen LogP contribution in [-0.2, 0) is 16.0 Å². The van der Waals surface area contributed by atoms with Crippen LogP contribution in [0.2, 0.25) is 0 Å². The third kappa shape index (κ3) is 4.08. The largest absolute Gasteiger partial charge is 0.347 e. The molecule has 27 heavy (non-hydrogen) atoms. The summed E-state index contributed by atoms with van der Waals surface area (Å²) >= 11 is 0. The fourth-order valence-corrected chi connectivity index (χ4v) is 3.71. The van der Waals surface area contributed by atoms with E-state index in [0.29, 0.717) is 18.8 Å². The lowest BCUT2D eigenvalue weighted by atomic mass is 10.0. The van der Waals surface area contributed by atoms with E-state index < -0.39 is 17.4 Å². The van der Waals surface area contributed by atoms with Crippen molar-refractivity contribution < 1.29 is 23.0 Å². The summed E-state index contributed by atoms with van der Waals surface area (Å²) < 4.78 is 38.1. The average Bonchev–Trinajstić information content (AvgIpc) is 3.11. The highest BCUT2D eigenvalue weighted by Gasteiger charge is 2.39. The molecule has 4 nitrogen and oxygen atoms in total. The first-order valence-corrected chi connectivity index (χ1v) is 9.13. The van der Waals surface area contributed by atoms with Crippen molar-refractivity contribution in [1.29, 1.82) is 0 Å². The van der Waals surface area contributed by atoms with Crippen molar-refractivity contribution in [3.05, 3.63) is 70.8 Å². The van der Waals surface area contributed by atoms with E-state index in [-0.39, 0.29) is 11.4 Å². The van der Waals surface area contributed by atoms with Crippen LogP contribution in [0.5, 0.6) is 0 Å². The molecule has 0 atom stereocenters. The molecule has 2 aromatic carbocycles. The molecule has 6 heteroatoms. The first-order valence-electron chi connectivity index (χ1n) is 9.13. The molecular weight excluding hydrogens is 352 g/mol. The zero-order chi connectivity index (χ0) is 18.9. The number of carbonyl (C=O) groups excluding carboxylic acids is 1. The summed E-state index contributed by atoms with van der Waals surface area (Å²) in [5.41, 5.74) is 1.51. The van der Waals surface area contributed by atoms with Gasteiger partial charge in [-0.25, -0.2) is 8.78 Å². The molecule has 2 aliphatic heterocycles. The number of carbonyl (C=O) groups is 1. The Morgan fingerprint density at radius 2 is 1.52 bits per heavy atom. The maximum absolute atomic E-state index is 13.3. The van der Waals surface area contributed by atoms with Gasteiger partial charge in [0.05, 0.1) is 13.2 Å². The summed E-state index contributed by atoms with van der Waals surface area (Å²) in [4.78, 5) is 14.8. The smallest absolute Gasteiger partial charge is 0.193 e. The third-order valence-corrected chi connectivity index (χ3v) is 5.18. The number of nitrogens with zero attached hydrogens (tertiary/aromatic N) is 1. The fraction of sp³-hybridized carbons (Fsp3) is 0.381. The summed E-state index contributed by atoms with van der Waals surface area (Å²) in [5, 5.41) is 0. The van der Waals surface area contributed by atoms with Gasteiger partial charge in [-0.2, -0.15) is 0 Å². The maximum atomic E-state index is 13.3. The second-order valence-corrected chi connectivity index (χ2v) is 7.07. The zero-order valence-electron chi connectivity index (χ0n) is 14.9. The van der Waals surface area contributed by atoms with E-state index in [1.807, 2.05) is 12.1 Å². The van der Waals surface area contributed by atoms with Gasteiger partial charge >= 0.3 is 0 Å². The first kappa shape index (κ1) is 18.2. The molecule has 2 aromatic rings. The lowest BCUT2D eigenvalue weighted by molar-refractivity contribution is -0.185. The Morgan fingerprint density at radius 3 is 2.11 bits per heavy atom. The minimum Gasteiger partial charge on any atom is -0.347 e. The minimum absolute atomic E-state index is 0.0122. The van der Waals surface area contributed by atoms with Crippen LogP contribution in [0.15, 0.2) is 42.5 Å². The number of likely N-dealkylation sites (tertiary alicyclic amines) is 1. The lowest BCUT2D eigenvalue weighted by Gasteiger charge is -2.37. The number of benzene rings is 2. The van der Waals surface area contributed by atoms with Gasteiger partial charge < -0.3 is 9.47 Å². The molecule has 0 saturated carbocycles. The zero-order valence-corrected chi connectivity index (χ0v) is 14.9. The fourth-order valence-electron chi connectivity index (χ4n) is 3.71. The second-order valence-electron chi connectivity index (χ2n) is 7.07. The van der Waals surface area contributed by atoms with Gasteiger partial charge in [0.2, 0.25) is 0 Å². The summed E-state index contributed by atoms with van der Waals surface area (Å²) in [6.45, 7) is 3.90. The average molecular weight is 373 g/mol. The summed E-state index contributed by atoms with van der Waals surface area (Å²) in [6.07, 6.45) is 1.71. The normalized spacial score (nSPS) is 19.5. The molecule has 2 heterocycles. The first-order chi connectivity index (χ1) is 13.0. The molecule has 0 bridgehead atoms. The molecule has 2 aliphatic rings. The molecule has 0 N–H and O–H groups in total. The van der Waals surface area contributed by atoms with Crippen molar-refractivity contribution in [2.45, 2.75) is 25.2 Å². The monoisotopic (exact) mass is 373 g/mol. The molecule has 0 aromatic heterocycles. The molecule has 0 unspecified atom stereocenters. The predicted molar refractivity (Wildman–Crippen MR) is 95.4 cm³/mol. The molecule has 1 spiro atoms. The quantitative estimate of drug-likeness (QED) is 0.769. The van der Waals surface area contributed by atoms with E-state index in [2.05, 4.69) is 4.90 Å². The lowest BCUT2D eigenvalue weighted by Crippen LogP contribution is -2.44. The Balaban J connectivity index is 1.38. The number of hydrogen-bond donors (Lipinski definition) is 0. The third-order valence-electron chi connectivity index (χ3n) is 5.18. The van der Waals surface area contributed by atoms with Gasteiger partial charge in [0.25, 0.3) is 0 Å². The van der Waals surface area contributed by atoms with Gasteiger partial charge in [0.15, 0.2) is 11.6 Å². The highest BCUT2D eigenvalue weighted by Crippen LogP contribution is 2.31. The number of ketones is 1. The van der Waals surface area contributed by atoms with E-state index in [0.717, 1.165) is 56.2 Å². The van der Waals surface area contributed by atoms with Crippen molar-refractivity contribution in [1.82, 2.24) is 4.90 Å². The van der Waals surface area contributed by atoms with Crippen molar-refractivity contribution in [3.8, 4) is 0 Å². The summed E-state index contributed by atoms with van der Waals surface area (Å²) in [7, 11) is 0. The van der Waals surface area contributed by atoms with Crippen LogP contribution in [-0.4, -0.2) is 42.8 Å². The second kappa shape index (κ2) is 7.46. The SMILES string of the molecule is O=C(c1ccc(CN2CCC3(CC2)OCCO3)cc1)c1cc(F)cc(F)c1.